The summed E-state index contributed by atoms with van der Waals surface area (Å²) in [5.74, 6) is 0. The first-order valence-corrected chi connectivity index (χ1v) is 5.50. The maximum atomic E-state index is 5.86. The van der Waals surface area contributed by atoms with Gasteiger partial charge in [0.05, 0.1) is 0 Å². The average molecular weight is 321 g/mol. The molecule has 0 radical (unpaired) electrons. The van der Waals surface area contributed by atoms with Gasteiger partial charge in [0.15, 0.2) is 0 Å². The molecule has 11 heavy (non-hydrogen) atoms. The lowest BCUT2D eigenvalue weighted by Crippen LogP contribution is -1.81. The molecular weight excluding hydrogens is 317 g/mol. The lowest BCUT2D eigenvalue weighted by molar-refractivity contribution is 1.45. The highest BCUT2D eigenvalue weighted by molar-refractivity contribution is 14.1. The third-order valence-electron chi connectivity index (χ3n) is 1.24. The highest BCUT2D eigenvalue weighted by Crippen LogP contribution is 2.30. The van der Waals surface area contributed by atoms with E-state index < -0.39 is 0 Å². The van der Waals surface area contributed by atoms with Crippen LogP contribution >= 0.6 is 57.4 Å². The lowest BCUT2D eigenvalue weighted by atomic mass is 10.2. The molecule has 60 valence electrons. The summed E-state index contributed by atoms with van der Waals surface area (Å²) >= 11 is 19.6. The van der Waals surface area contributed by atoms with Crippen molar-refractivity contribution in [1.29, 1.82) is 0 Å². The SMILES string of the molecule is Clc1cc(Cl)c(CI)c(Cl)c1. The van der Waals surface area contributed by atoms with Gasteiger partial charge in [-0.25, -0.2) is 0 Å². The Kier molecular flexibility index (Phi) is 3.75. The van der Waals surface area contributed by atoms with Crippen LogP contribution in [0, 0.1) is 0 Å². The van der Waals surface area contributed by atoms with Crippen molar-refractivity contribution in [2.75, 3.05) is 0 Å². The molecule has 0 N–H and O–H groups in total. The van der Waals surface area contributed by atoms with E-state index in [1.807, 2.05) is 0 Å². The van der Waals surface area contributed by atoms with Gasteiger partial charge >= 0.3 is 0 Å². The van der Waals surface area contributed by atoms with Gasteiger partial charge in [0.1, 0.15) is 0 Å². The van der Waals surface area contributed by atoms with Crippen molar-refractivity contribution in [2.45, 2.75) is 4.43 Å². The van der Waals surface area contributed by atoms with Crippen LogP contribution in [0.15, 0.2) is 12.1 Å². The zero-order valence-electron chi connectivity index (χ0n) is 5.37. The normalized spacial score (nSPS) is 10.2. The number of benzene rings is 1. The highest BCUT2D eigenvalue weighted by atomic mass is 127. The van der Waals surface area contributed by atoms with Gasteiger partial charge in [0.25, 0.3) is 0 Å². The van der Waals surface area contributed by atoms with Crippen LogP contribution in [-0.4, -0.2) is 0 Å². The molecule has 1 aromatic carbocycles. The number of hydrogen-bond acceptors (Lipinski definition) is 0. The summed E-state index contributed by atoms with van der Waals surface area (Å²) in [7, 11) is 0. The largest absolute Gasteiger partial charge is 0.0842 e. The van der Waals surface area contributed by atoms with Crippen LogP contribution in [0.3, 0.4) is 0 Å². The monoisotopic (exact) mass is 320 g/mol. The van der Waals surface area contributed by atoms with E-state index in [0.29, 0.717) is 15.1 Å². The summed E-state index contributed by atoms with van der Waals surface area (Å²) in [6.45, 7) is 0. The quantitative estimate of drug-likeness (QED) is 0.524. The van der Waals surface area contributed by atoms with Gasteiger partial charge in [0.2, 0.25) is 0 Å². The Morgan fingerprint density at radius 1 is 1.09 bits per heavy atom. The highest BCUT2D eigenvalue weighted by Gasteiger charge is 2.05. The van der Waals surface area contributed by atoms with Crippen molar-refractivity contribution < 1.29 is 0 Å². The summed E-state index contributed by atoms with van der Waals surface area (Å²) in [6.07, 6.45) is 0. The molecule has 0 amide bonds. The third kappa shape index (κ3) is 2.38. The molecule has 0 aliphatic carbocycles. The summed E-state index contributed by atoms with van der Waals surface area (Å²) in [5.41, 5.74) is 0.943. The predicted molar refractivity (Wildman–Crippen MR) is 59.2 cm³/mol. The van der Waals surface area contributed by atoms with Crippen molar-refractivity contribution >= 4 is 57.4 Å². The van der Waals surface area contributed by atoms with Gasteiger partial charge in [-0.2, -0.15) is 0 Å². The van der Waals surface area contributed by atoms with Crippen molar-refractivity contribution in [1.82, 2.24) is 0 Å². The smallest absolute Gasteiger partial charge is 0.0475 e. The molecule has 4 heteroatoms. The Morgan fingerprint density at radius 2 is 1.55 bits per heavy atom. The van der Waals surface area contributed by atoms with E-state index in [9.17, 15) is 0 Å². The van der Waals surface area contributed by atoms with Crippen molar-refractivity contribution in [2.24, 2.45) is 0 Å². The fraction of sp³-hybridized carbons (Fsp3) is 0.143. The molecule has 0 atom stereocenters. The van der Waals surface area contributed by atoms with Crippen LogP contribution < -0.4 is 0 Å². The van der Waals surface area contributed by atoms with E-state index in [1.165, 1.54) is 0 Å². The van der Waals surface area contributed by atoms with Crippen LogP contribution in [0.4, 0.5) is 0 Å². The van der Waals surface area contributed by atoms with Crippen molar-refractivity contribution in [3.05, 3.63) is 32.8 Å². The predicted octanol–water partition coefficient (Wildman–Crippen LogP) is 4.58. The molecule has 0 saturated carbocycles. The van der Waals surface area contributed by atoms with Crippen LogP contribution in [0.5, 0.6) is 0 Å². The summed E-state index contributed by atoms with van der Waals surface area (Å²) in [5, 5.41) is 1.85. The molecule has 0 aliphatic rings. The van der Waals surface area contributed by atoms with Crippen LogP contribution in [0.1, 0.15) is 5.56 Å². The molecule has 0 fully saturated rings. The second-order valence-electron chi connectivity index (χ2n) is 1.98. The van der Waals surface area contributed by atoms with Crippen LogP contribution in [0.2, 0.25) is 15.1 Å². The molecule has 0 aliphatic heterocycles. The number of alkyl halides is 1. The molecule has 1 rings (SSSR count). The van der Waals surface area contributed by atoms with Gasteiger partial charge in [-0.3, -0.25) is 0 Å². The summed E-state index contributed by atoms with van der Waals surface area (Å²) < 4.78 is 0.798. The van der Waals surface area contributed by atoms with Gasteiger partial charge in [-0.15, -0.1) is 0 Å². The van der Waals surface area contributed by atoms with E-state index >= 15 is 0 Å². The topological polar surface area (TPSA) is 0 Å². The van der Waals surface area contributed by atoms with Gasteiger partial charge in [-0.1, -0.05) is 57.4 Å². The Balaban J connectivity index is 3.25. The molecule has 1 aromatic rings. The zero-order chi connectivity index (χ0) is 8.43. The molecule has 0 unspecified atom stereocenters. The fourth-order valence-corrected chi connectivity index (χ4v) is 2.92. The van der Waals surface area contributed by atoms with Gasteiger partial charge < -0.3 is 0 Å². The Bertz CT molecular complexity index is 249. The maximum Gasteiger partial charge on any atom is 0.0475 e. The van der Waals surface area contributed by atoms with E-state index in [4.69, 9.17) is 34.8 Å². The third-order valence-corrected chi connectivity index (χ3v) is 2.89. The zero-order valence-corrected chi connectivity index (χ0v) is 9.80. The second-order valence-corrected chi connectivity index (χ2v) is 4.00. The van der Waals surface area contributed by atoms with Gasteiger partial charge in [0, 0.05) is 19.5 Å². The minimum absolute atomic E-state index is 0.577. The molecule has 0 bridgehead atoms. The Hall–Kier alpha value is 0.820. The maximum absolute atomic E-state index is 5.86. The van der Waals surface area contributed by atoms with Crippen molar-refractivity contribution in [3.63, 3.8) is 0 Å². The standard InChI is InChI=1S/C7H4Cl3I/c8-4-1-6(9)5(3-11)7(10)2-4/h1-2H,3H2. The summed E-state index contributed by atoms with van der Waals surface area (Å²) in [6, 6.07) is 3.39. The molecule has 0 nitrogen and oxygen atoms in total. The van der Waals surface area contributed by atoms with E-state index in [2.05, 4.69) is 22.6 Å². The number of hydrogen-bond donors (Lipinski definition) is 0. The first-order valence-electron chi connectivity index (χ1n) is 2.84. The number of rotatable bonds is 1. The molecular formula is C7H4Cl3I. The Morgan fingerprint density at radius 3 is 1.91 bits per heavy atom. The second kappa shape index (κ2) is 4.17. The average Bonchev–Trinajstić information content (AvgIpc) is 1.85. The van der Waals surface area contributed by atoms with Crippen LogP contribution in [-0.2, 0) is 4.43 Å². The van der Waals surface area contributed by atoms with Crippen molar-refractivity contribution in [3.8, 4) is 0 Å². The minimum Gasteiger partial charge on any atom is -0.0842 e. The first-order chi connectivity index (χ1) is 5.15. The van der Waals surface area contributed by atoms with E-state index in [0.717, 1.165) is 9.99 Å². The molecule has 0 heterocycles. The molecule has 0 saturated heterocycles. The van der Waals surface area contributed by atoms with E-state index in [-0.39, 0.29) is 0 Å². The molecule has 0 aromatic heterocycles. The molecule has 0 spiro atoms. The first kappa shape index (κ1) is 9.90. The lowest BCUT2D eigenvalue weighted by Gasteiger charge is -2.02. The van der Waals surface area contributed by atoms with Crippen LogP contribution in [0.25, 0.3) is 0 Å². The Labute approximate surface area is 94.0 Å². The van der Waals surface area contributed by atoms with E-state index in [1.54, 1.807) is 12.1 Å². The summed E-state index contributed by atoms with van der Waals surface area (Å²) in [4.78, 5) is 0. The number of halogens is 4. The minimum atomic E-state index is 0.577. The van der Waals surface area contributed by atoms with Gasteiger partial charge in [-0.05, 0) is 17.7 Å². The fourth-order valence-electron chi connectivity index (χ4n) is 0.700.